The molecule has 0 spiro atoms. The first-order valence-electron chi connectivity index (χ1n) is 14.8. The van der Waals surface area contributed by atoms with Gasteiger partial charge in [-0.3, -0.25) is 4.79 Å². The van der Waals surface area contributed by atoms with Crippen LogP contribution in [0.25, 0.3) is 0 Å². The first-order chi connectivity index (χ1) is 20.7. The highest BCUT2D eigenvalue weighted by Crippen LogP contribution is 2.52. The van der Waals surface area contributed by atoms with Gasteiger partial charge >= 0.3 is 18.3 Å². The number of hydrogen-bond acceptors (Lipinski definition) is 6. The molecule has 1 saturated carbocycles. The van der Waals surface area contributed by atoms with Gasteiger partial charge in [0.2, 0.25) is 5.91 Å². The molecule has 2 N–H and O–H groups in total. The zero-order valence-electron chi connectivity index (χ0n) is 26.0. The van der Waals surface area contributed by atoms with Crippen molar-refractivity contribution in [3.05, 3.63) is 47.3 Å². The number of likely N-dealkylation sites (tertiary alicyclic amines) is 1. The molecular formula is C31H39F6N5O3. The smallest absolute Gasteiger partial charge is 0.416 e. The maximum atomic E-state index is 14.5. The van der Waals surface area contributed by atoms with Crippen LogP contribution in [0.3, 0.4) is 0 Å². The average molecular weight is 644 g/mol. The summed E-state index contributed by atoms with van der Waals surface area (Å²) in [5.41, 5.74) is -1.49. The van der Waals surface area contributed by atoms with Crippen molar-refractivity contribution in [3.8, 4) is 0 Å². The van der Waals surface area contributed by atoms with Gasteiger partial charge in [-0.2, -0.15) is 26.3 Å². The van der Waals surface area contributed by atoms with Crippen molar-refractivity contribution >= 4 is 23.5 Å². The molecule has 2 aromatic heterocycles. The van der Waals surface area contributed by atoms with Crippen LogP contribution in [0.2, 0.25) is 0 Å². The Hall–Kier alpha value is -3.58. The second-order valence-corrected chi connectivity index (χ2v) is 13.3. The molecule has 0 bridgehead atoms. The zero-order chi connectivity index (χ0) is 33.6. The van der Waals surface area contributed by atoms with E-state index in [0.717, 1.165) is 17.0 Å². The molecule has 2 aliphatic rings. The molecule has 3 heterocycles. The highest BCUT2D eigenvalue weighted by atomic mass is 19.4. The minimum atomic E-state index is -4.71. The van der Waals surface area contributed by atoms with Crippen molar-refractivity contribution < 1.29 is 41.0 Å². The van der Waals surface area contributed by atoms with Gasteiger partial charge in [-0.25, -0.2) is 14.8 Å². The lowest BCUT2D eigenvalue weighted by Gasteiger charge is -2.39. The van der Waals surface area contributed by atoms with E-state index in [1.54, 1.807) is 51.9 Å². The number of carbonyl (C=O) groups excluding carboxylic acids is 1. The fourth-order valence-electron chi connectivity index (χ4n) is 7.08. The average Bonchev–Trinajstić information content (AvgIpc) is 3.26. The number of anilines is 2. The van der Waals surface area contributed by atoms with Crippen molar-refractivity contribution in [2.24, 2.45) is 23.2 Å². The van der Waals surface area contributed by atoms with Crippen LogP contribution in [-0.4, -0.2) is 64.2 Å². The van der Waals surface area contributed by atoms with Crippen molar-refractivity contribution in [2.45, 2.75) is 83.9 Å². The number of rotatable bonds is 6. The number of carbonyl (C=O) groups is 2. The number of amides is 1. The number of nitrogens with one attached hydrogen (secondary N) is 1. The minimum absolute atomic E-state index is 0.0440. The number of carboxylic acids is 1. The van der Waals surface area contributed by atoms with Crippen LogP contribution >= 0.6 is 0 Å². The van der Waals surface area contributed by atoms with E-state index in [9.17, 15) is 41.0 Å². The third-order valence-corrected chi connectivity index (χ3v) is 8.83. The van der Waals surface area contributed by atoms with E-state index in [1.165, 1.54) is 13.1 Å². The van der Waals surface area contributed by atoms with E-state index in [1.807, 2.05) is 0 Å². The molecule has 6 atom stereocenters. The fourth-order valence-corrected chi connectivity index (χ4v) is 7.08. The summed E-state index contributed by atoms with van der Waals surface area (Å²) < 4.78 is 84.2. The third kappa shape index (κ3) is 6.99. The number of alkyl halides is 6. The summed E-state index contributed by atoms with van der Waals surface area (Å²) in [6, 6.07) is 0.939. The monoisotopic (exact) mass is 643 g/mol. The van der Waals surface area contributed by atoms with Crippen LogP contribution in [0.1, 0.15) is 69.3 Å². The summed E-state index contributed by atoms with van der Waals surface area (Å²) in [4.78, 5) is 38.9. The first kappa shape index (κ1) is 34.3. The Kier molecular flexibility index (Phi) is 9.38. The molecule has 4 rings (SSSR count). The lowest BCUT2D eigenvalue weighted by molar-refractivity contribution is -0.202. The molecule has 1 aliphatic carbocycles. The predicted octanol–water partition coefficient (Wildman–Crippen LogP) is 6.72. The quantitative estimate of drug-likeness (QED) is 0.338. The van der Waals surface area contributed by atoms with Gasteiger partial charge in [-0.15, -0.1) is 0 Å². The Morgan fingerprint density at radius 1 is 1.04 bits per heavy atom. The molecule has 2 unspecified atom stereocenters. The van der Waals surface area contributed by atoms with Crippen LogP contribution in [-0.2, 0) is 15.8 Å². The molecule has 14 heteroatoms. The molecule has 248 valence electrons. The van der Waals surface area contributed by atoms with E-state index in [-0.39, 0.29) is 30.8 Å². The third-order valence-electron chi connectivity index (χ3n) is 8.83. The topological polar surface area (TPSA) is 98.7 Å². The number of hydrogen-bond donors (Lipinski definition) is 2. The van der Waals surface area contributed by atoms with E-state index in [4.69, 9.17) is 0 Å². The van der Waals surface area contributed by atoms with Crippen LogP contribution in [0.4, 0.5) is 38.0 Å². The zero-order valence-corrected chi connectivity index (χ0v) is 26.0. The molecule has 1 amide bonds. The number of halogens is 6. The van der Waals surface area contributed by atoms with Crippen LogP contribution < -0.4 is 10.2 Å². The molecule has 0 aromatic carbocycles. The minimum Gasteiger partial charge on any atom is -0.480 e. The molecule has 1 saturated heterocycles. The molecule has 45 heavy (non-hydrogen) atoms. The number of pyridine rings is 2. The molecule has 0 radical (unpaired) electrons. The number of carboxylic acid groups (broad SMARTS) is 1. The van der Waals surface area contributed by atoms with Gasteiger partial charge in [0.05, 0.1) is 23.6 Å². The van der Waals surface area contributed by atoms with Crippen molar-refractivity contribution in [1.82, 2.24) is 14.9 Å². The van der Waals surface area contributed by atoms with Gasteiger partial charge in [0.1, 0.15) is 17.7 Å². The summed E-state index contributed by atoms with van der Waals surface area (Å²) in [6.45, 7) is 6.57. The highest BCUT2D eigenvalue weighted by molar-refractivity contribution is 5.88. The summed E-state index contributed by atoms with van der Waals surface area (Å²) in [5, 5.41) is 13.7. The molecule has 2 aromatic rings. The normalized spacial score (nSPS) is 26.1. The fraction of sp³-hybridized carbons (Fsp3) is 0.613. The van der Waals surface area contributed by atoms with Gasteiger partial charge in [-0.05, 0) is 43.4 Å². The van der Waals surface area contributed by atoms with E-state index in [0.29, 0.717) is 17.8 Å². The second-order valence-electron chi connectivity index (χ2n) is 13.3. The lowest BCUT2D eigenvalue weighted by Crippen LogP contribution is -2.51. The van der Waals surface area contributed by atoms with Gasteiger partial charge in [0, 0.05) is 43.4 Å². The summed E-state index contributed by atoms with van der Waals surface area (Å²) in [7, 11) is 3.34. The Bertz CT molecular complexity index is 1410. The largest absolute Gasteiger partial charge is 0.480 e. The van der Waals surface area contributed by atoms with E-state index >= 15 is 0 Å². The summed E-state index contributed by atoms with van der Waals surface area (Å²) in [5.74, 6) is -6.71. The number of nitrogens with zero attached hydrogens (tertiary/aromatic N) is 4. The lowest BCUT2D eigenvalue weighted by atomic mass is 9.72. The van der Waals surface area contributed by atoms with Gasteiger partial charge < -0.3 is 20.2 Å². The molecule has 2 fully saturated rings. The second kappa shape index (κ2) is 12.3. The maximum absolute atomic E-state index is 14.5. The van der Waals surface area contributed by atoms with Crippen LogP contribution in [0.5, 0.6) is 0 Å². The SMILES string of the molecule is Cc1cc(C(F)(F)F)cc(N[C@H]2[C@H](C(C)(C)C)[C@@H](C(=O)O)N(C(=O)C3CCCCC3C(F)(F)F)[C@H]2c2cccnc2N(C)C)n1. The summed E-state index contributed by atoms with van der Waals surface area (Å²) in [6.07, 6.45) is -7.59. The Morgan fingerprint density at radius 2 is 1.69 bits per heavy atom. The van der Waals surface area contributed by atoms with Crippen LogP contribution in [0.15, 0.2) is 30.5 Å². The number of aromatic nitrogens is 2. The Balaban J connectivity index is 1.99. The van der Waals surface area contributed by atoms with Gasteiger partial charge in [0.25, 0.3) is 0 Å². The molecule has 8 nitrogen and oxygen atoms in total. The standard InChI is InChI=1S/C31H39F6N5O3/c1-16-14-17(30(32,33)34)15-21(39-16)40-23-22(29(2,3)4)25(28(44)45)42(24(23)19-11-9-13-38-26(19)41(5)6)27(43)18-10-7-8-12-20(18)31(35,36)37/h9,11,13-15,18,20,22-25H,7-8,10,12H2,1-6H3,(H,39,40)(H,44,45)/t18?,20?,22-,23-,24-,25-/m0/s1. The van der Waals surface area contributed by atoms with Crippen molar-refractivity contribution in [3.63, 3.8) is 0 Å². The Morgan fingerprint density at radius 3 is 2.24 bits per heavy atom. The number of aliphatic carboxylic acids is 1. The highest BCUT2D eigenvalue weighted by Gasteiger charge is 2.61. The number of aryl methyl sites for hydroxylation is 1. The van der Waals surface area contributed by atoms with Crippen molar-refractivity contribution in [1.29, 1.82) is 0 Å². The molecular weight excluding hydrogens is 604 g/mol. The summed E-state index contributed by atoms with van der Waals surface area (Å²) >= 11 is 0. The van der Waals surface area contributed by atoms with E-state index in [2.05, 4.69) is 15.3 Å². The Labute approximate surface area is 258 Å². The van der Waals surface area contributed by atoms with E-state index < -0.39 is 71.1 Å². The van der Waals surface area contributed by atoms with Gasteiger partial charge in [-0.1, -0.05) is 39.7 Å². The molecule has 1 aliphatic heterocycles. The van der Waals surface area contributed by atoms with Gasteiger partial charge in [0.15, 0.2) is 0 Å². The first-order valence-corrected chi connectivity index (χ1v) is 14.8. The maximum Gasteiger partial charge on any atom is 0.416 e. The van der Waals surface area contributed by atoms with Crippen molar-refractivity contribution in [2.75, 3.05) is 24.3 Å². The van der Waals surface area contributed by atoms with Crippen LogP contribution in [0, 0.1) is 30.1 Å². The predicted molar refractivity (Wildman–Crippen MR) is 155 cm³/mol.